The number of methoxy groups -OCH3 is 2. The molecule has 1 saturated heterocycles. The van der Waals surface area contributed by atoms with E-state index in [-0.39, 0.29) is 9.79 Å². The number of fused-ring (bicyclic) bond motifs is 1. The third-order valence-electron chi connectivity index (χ3n) is 6.03. The first kappa shape index (κ1) is 21.4. The molecule has 0 unspecified atom stereocenters. The first-order chi connectivity index (χ1) is 14.8. The van der Waals surface area contributed by atoms with Crippen LogP contribution in [-0.4, -0.2) is 40.7 Å². The zero-order chi connectivity index (χ0) is 22.2. The summed E-state index contributed by atoms with van der Waals surface area (Å²) >= 11 is 0. The monoisotopic (exact) mass is 440 g/mol. The second kappa shape index (κ2) is 8.38. The van der Waals surface area contributed by atoms with Crippen LogP contribution in [0.3, 0.4) is 0 Å². The van der Waals surface area contributed by atoms with Crippen molar-refractivity contribution in [3.63, 3.8) is 0 Å². The lowest BCUT2D eigenvalue weighted by atomic mass is 9.98. The molecular weight excluding hydrogens is 412 g/mol. The smallest absolute Gasteiger partial charge is 0.210 e. The summed E-state index contributed by atoms with van der Waals surface area (Å²) in [5.74, 6) is 1.74. The van der Waals surface area contributed by atoms with Gasteiger partial charge in [0.15, 0.2) is 11.5 Å². The van der Waals surface area contributed by atoms with Gasteiger partial charge in [-0.05, 0) is 43.9 Å². The van der Waals surface area contributed by atoms with Crippen LogP contribution in [-0.2, 0) is 9.84 Å². The lowest BCUT2D eigenvalue weighted by molar-refractivity contribution is 0.355. The summed E-state index contributed by atoms with van der Waals surface area (Å²) in [5.41, 5.74) is 2.38. The Morgan fingerprint density at radius 1 is 1.00 bits per heavy atom. The van der Waals surface area contributed by atoms with Crippen molar-refractivity contribution in [2.45, 2.75) is 36.5 Å². The van der Waals surface area contributed by atoms with Gasteiger partial charge in [-0.3, -0.25) is 4.98 Å². The van der Waals surface area contributed by atoms with Gasteiger partial charge in [0.05, 0.1) is 30.3 Å². The molecule has 0 aliphatic carbocycles. The Bertz CT molecular complexity index is 1200. The molecule has 0 radical (unpaired) electrons. The maximum atomic E-state index is 13.7. The number of piperidine rings is 1. The molecule has 4 rings (SSSR count). The number of ether oxygens (including phenoxy) is 2. The van der Waals surface area contributed by atoms with E-state index in [4.69, 9.17) is 9.47 Å². The molecule has 0 spiro atoms. The Morgan fingerprint density at radius 2 is 1.61 bits per heavy atom. The number of anilines is 1. The second-order valence-electron chi connectivity index (χ2n) is 8.18. The number of hydrogen-bond donors (Lipinski definition) is 0. The van der Waals surface area contributed by atoms with E-state index in [1.165, 1.54) is 6.20 Å². The van der Waals surface area contributed by atoms with Crippen molar-refractivity contribution in [1.29, 1.82) is 0 Å². The highest BCUT2D eigenvalue weighted by atomic mass is 32.2. The Balaban J connectivity index is 1.98. The summed E-state index contributed by atoms with van der Waals surface area (Å²) in [4.78, 5) is 7.18. The lowest BCUT2D eigenvalue weighted by Gasteiger charge is -2.34. The number of rotatable bonds is 5. The van der Waals surface area contributed by atoms with Gasteiger partial charge in [0, 0.05) is 30.7 Å². The van der Waals surface area contributed by atoms with Gasteiger partial charge in [-0.25, -0.2) is 8.42 Å². The van der Waals surface area contributed by atoms with Crippen LogP contribution in [0.2, 0.25) is 0 Å². The van der Waals surface area contributed by atoms with E-state index in [2.05, 4.69) is 16.8 Å². The van der Waals surface area contributed by atoms with Gasteiger partial charge in [-0.15, -0.1) is 0 Å². The van der Waals surface area contributed by atoms with Crippen molar-refractivity contribution in [1.82, 2.24) is 4.98 Å². The van der Waals surface area contributed by atoms with Crippen molar-refractivity contribution < 1.29 is 17.9 Å². The minimum Gasteiger partial charge on any atom is -0.493 e. The Labute approximate surface area is 183 Å². The van der Waals surface area contributed by atoms with Crippen LogP contribution in [0.4, 0.5) is 5.69 Å². The SMILES string of the molecule is COc1cc2ncc(S(=O)(=O)c3ccc(C)cc3)c(N3CCC(C)CC3)c2cc1OC. The summed E-state index contributed by atoms with van der Waals surface area (Å²) in [5, 5.41) is 0.750. The Morgan fingerprint density at radius 3 is 2.23 bits per heavy atom. The van der Waals surface area contributed by atoms with Crippen molar-refractivity contribution in [2.24, 2.45) is 5.92 Å². The molecule has 164 valence electrons. The number of aromatic nitrogens is 1. The van der Waals surface area contributed by atoms with Crippen molar-refractivity contribution in [3.05, 3.63) is 48.2 Å². The normalized spacial score (nSPS) is 15.3. The van der Waals surface area contributed by atoms with Crippen LogP contribution in [0.1, 0.15) is 25.3 Å². The van der Waals surface area contributed by atoms with Crippen LogP contribution in [0.5, 0.6) is 11.5 Å². The van der Waals surface area contributed by atoms with E-state index in [1.807, 2.05) is 25.1 Å². The maximum absolute atomic E-state index is 13.7. The van der Waals surface area contributed by atoms with Gasteiger partial charge in [0.25, 0.3) is 0 Å². The van der Waals surface area contributed by atoms with E-state index in [0.717, 1.165) is 36.9 Å². The Kier molecular flexibility index (Phi) is 5.79. The van der Waals surface area contributed by atoms with E-state index in [1.54, 1.807) is 32.4 Å². The third kappa shape index (κ3) is 3.94. The molecule has 7 heteroatoms. The molecule has 0 bridgehead atoms. The van der Waals surface area contributed by atoms with Crippen LogP contribution < -0.4 is 14.4 Å². The van der Waals surface area contributed by atoms with E-state index in [9.17, 15) is 8.42 Å². The molecule has 1 fully saturated rings. The van der Waals surface area contributed by atoms with Crippen LogP contribution >= 0.6 is 0 Å². The van der Waals surface area contributed by atoms with Crippen molar-refractivity contribution in [3.8, 4) is 11.5 Å². The fourth-order valence-electron chi connectivity index (χ4n) is 4.09. The summed E-state index contributed by atoms with van der Waals surface area (Å²) in [7, 11) is -0.600. The zero-order valence-corrected chi connectivity index (χ0v) is 19.2. The van der Waals surface area contributed by atoms with E-state index < -0.39 is 9.84 Å². The molecule has 3 aromatic rings. The fourth-order valence-corrected chi connectivity index (χ4v) is 5.52. The van der Waals surface area contributed by atoms with Gasteiger partial charge in [0.1, 0.15) is 4.90 Å². The molecule has 2 aromatic carbocycles. The van der Waals surface area contributed by atoms with Gasteiger partial charge in [-0.1, -0.05) is 24.6 Å². The highest BCUT2D eigenvalue weighted by molar-refractivity contribution is 7.91. The fraction of sp³-hybridized carbons (Fsp3) is 0.375. The molecule has 0 saturated carbocycles. The average Bonchev–Trinajstić information content (AvgIpc) is 2.78. The molecule has 2 heterocycles. The third-order valence-corrected chi connectivity index (χ3v) is 7.80. The molecule has 0 amide bonds. The van der Waals surface area contributed by atoms with Gasteiger partial charge in [-0.2, -0.15) is 0 Å². The number of aryl methyl sites for hydroxylation is 1. The number of hydrogen-bond acceptors (Lipinski definition) is 6. The maximum Gasteiger partial charge on any atom is 0.210 e. The Hall–Kier alpha value is -2.80. The minimum atomic E-state index is -3.75. The first-order valence-electron chi connectivity index (χ1n) is 10.5. The van der Waals surface area contributed by atoms with Crippen LogP contribution in [0, 0.1) is 12.8 Å². The van der Waals surface area contributed by atoms with Gasteiger partial charge in [0.2, 0.25) is 9.84 Å². The molecule has 6 nitrogen and oxygen atoms in total. The minimum absolute atomic E-state index is 0.227. The van der Waals surface area contributed by atoms with E-state index >= 15 is 0 Å². The highest BCUT2D eigenvalue weighted by Crippen LogP contribution is 2.41. The summed E-state index contributed by atoms with van der Waals surface area (Å²) < 4.78 is 38.3. The largest absolute Gasteiger partial charge is 0.493 e. The first-order valence-corrected chi connectivity index (χ1v) is 11.9. The molecule has 0 N–H and O–H groups in total. The zero-order valence-electron chi connectivity index (χ0n) is 18.4. The van der Waals surface area contributed by atoms with Crippen LogP contribution in [0.25, 0.3) is 10.9 Å². The second-order valence-corrected chi connectivity index (χ2v) is 10.1. The highest BCUT2D eigenvalue weighted by Gasteiger charge is 2.29. The molecule has 1 aliphatic heterocycles. The number of sulfone groups is 1. The quantitative estimate of drug-likeness (QED) is 0.576. The molecule has 0 atom stereocenters. The lowest BCUT2D eigenvalue weighted by Crippen LogP contribution is -2.34. The van der Waals surface area contributed by atoms with Gasteiger partial charge < -0.3 is 14.4 Å². The number of pyridine rings is 1. The molecule has 1 aliphatic rings. The standard InChI is InChI=1S/C24H28N2O4S/c1-16-5-7-18(8-6-16)31(27,28)23-15-25-20-14-22(30-4)21(29-3)13-19(20)24(23)26-11-9-17(2)10-12-26/h5-8,13-15,17H,9-12H2,1-4H3. The summed E-state index contributed by atoms with van der Waals surface area (Å²) in [6.45, 7) is 5.77. The molecule has 1 aromatic heterocycles. The average molecular weight is 441 g/mol. The number of benzene rings is 2. The van der Waals surface area contributed by atoms with E-state index in [0.29, 0.717) is 28.6 Å². The number of nitrogens with zero attached hydrogens (tertiary/aromatic N) is 2. The van der Waals surface area contributed by atoms with Crippen molar-refractivity contribution >= 4 is 26.4 Å². The molecule has 31 heavy (non-hydrogen) atoms. The molecular formula is C24H28N2O4S. The summed E-state index contributed by atoms with van der Waals surface area (Å²) in [6.07, 6.45) is 3.51. The predicted molar refractivity (Wildman–Crippen MR) is 122 cm³/mol. The predicted octanol–water partition coefficient (Wildman–Crippen LogP) is 4.63. The topological polar surface area (TPSA) is 68.7 Å². The van der Waals surface area contributed by atoms with Crippen LogP contribution in [0.15, 0.2) is 52.4 Å². The summed E-state index contributed by atoms with van der Waals surface area (Å²) in [6, 6.07) is 10.6. The van der Waals surface area contributed by atoms with Gasteiger partial charge >= 0.3 is 0 Å². The van der Waals surface area contributed by atoms with Crippen molar-refractivity contribution in [2.75, 3.05) is 32.2 Å².